The van der Waals surface area contributed by atoms with Gasteiger partial charge in [0.1, 0.15) is 6.17 Å². The molecule has 2 saturated heterocycles. The number of alkyl halides is 1. The number of hydrogen-bond donors (Lipinski definition) is 0. The predicted molar refractivity (Wildman–Crippen MR) is 86.6 cm³/mol. The van der Waals surface area contributed by atoms with E-state index < -0.39 is 12.2 Å². The first-order valence-corrected chi connectivity index (χ1v) is 9.28. The van der Waals surface area contributed by atoms with Gasteiger partial charge in [-0.3, -0.25) is 9.69 Å². The maximum Gasteiger partial charge on any atom is 0.240 e. The molecule has 7 nitrogen and oxygen atoms in total. The third kappa shape index (κ3) is 3.69. The summed E-state index contributed by atoms with van der Waals surface area (Å²) in [4.78, 5) is 20.9. The Kier molecular flexibility index (Phi) is 4.98. The molecule has 1 saturated carbocycles. The first-order valence-electron chi connectivity index (χ1n) is 9.28. The van der Waals surface area contributed by atoms with E-state index in [-0.39, 0.29) is 18.9 Å². The average molecular weight is 352 g/mol. The van der Waals surface area contributed by atoms with E-state index in [1.54, 1.807) is 4.90 Å². The van der Waals surface area contributed by atoms with Crippen LogP contribution in [0.25, 0.3) is 0 Å². The van der Waals surface area contributed by atoms with E-state index in [9.17, 15) is 9.18 Å². The summed E-state index contributed by atoms with van der Waals surface area (Å²) in [6.07, 6.45) is 3.87. The van der Waals surface area contributed by atoms with Gasteiger partial charge in [0.25, 0.3) is 0 Å². The molecule has 1 aliphatic carbocycles. The van der Waals surface area contributed by atoms with Gasteiger partial charge in [-0.05, 0) is 12.8 Å². The van der Waals surface area contributed by atoms with Crippen molar-refractivity contribution in [3.8, 4) is 0 Å². The van der Waals surface area contributed by atoms with Gasteiger partial charge in [-0.2, -0.15) is 4.98 Å². The van der Waals surface area contributed by atoms with E-state index in [0.717, 1.165) is 18.7 Å². The molecule has 2 atom stereocenters. The van der Waals surface area contributed by atoms with Crippen molar-refractivity contribution >= 4 is 5.91 Å². The lowest BCUT2D eigenvalue weighted by Gasteiger charge is -2.31. The Morgan fingerprint density at radius 3 is 2.76 bits per heavy atom. The van der Waals surface area contributed by atoms with Crippen LogP contribution in [0.2, 0.25) is 0 Å². The summed E-state index contributed by atoms with van der Waals surface area (Å²) in [5.41, 5.74) is 0. The number of nitrogens with zero attached hydrogens (tertiary/aromatic N) is 4. The van der Waals surface area contributed by atoms with E-state index >= 15 is 0 Å². The molecule has 0 N–H and O–H groups in total. The summed E-state index contributed by atoms with van der Waals surface area (Å²) in [5, 5.41) is 4.10. The Morgan fingerprint density at radius 1 is 1.24 bits per heavy atom. The van der Waals surface area contributed by atoms with Crippen molar-refractivity contribution in [1.29, 1.82) is 0 Å². The number of morpholine rings is 1. The van der Waals surface area contributed by atoms with Gasteiger partial charge in [0.05, 0.1) is 25.8 Å². The average Bonchev–Trinajstić information content (AvgIpc) is 3.36. The number of hydrogen-bond acceptors (Lipinski definition) is 6. The standard InChI is InChI=1S/C17H25FN4O3/c18-13-9-14(17(23)21-5-7-24-8-6-21)22(10-13)11-15-19-16(20-25-15)12-3-1-2-4-12/h12-14H,1-11H2/t13-,14+/m1/s1. The smallest absolute Gasteiger partial charge is 0.240 e. The van der Waals surface area contributed by atoms with Gasteiger partial charge in [0.15, 0.2) is 5.82 Å². The Hall–Kier alpha value is -1.54. The number of carbonyl (C=O) groups is 1. The zero-order chi connectivity index (χ0) is 17.2. The van der Waals surface area contributed by atoms with E-state index in [2.05, 4.69) is 10.1 Å². The summed E-state index contributed by atoms with van der Waals surface area (Å²) < 4.78 is 24.7. The second kappa shape index (κ2) is 7.37. The maximum absolute atomic E-state index is 14.0. The van der Waals surface area contributed by atoms with Gasteiger partial charge in [-0.25, -0.2) is 4.39 Å². The largest absolute Gasteiger partial charge is 0.378 e. The highest BCUT2D eigenvalue weighted by Crippen LogP contribution is 2.32. The van der Waals surface area contributed by atoms with Crippen LogP contribution in [-0.4, -0.2) is 70.9 Å². The molecule has 25 heavy (non-hydrogen) atoms. The van der Waals surface area contributed by atoms with Gasteiger partial charge in [0.2, 0.25) is 11.8 Å². The van der Waals surface area contributed by atoms with Crippen molar-refractivity contribution in [2.45, 2.75) is 56.8 Å². The fourth-order valence-corrected chi connectivity index (χ4v) is 4.13. The van der Waals surface area contributed by atoms with Crippen LogP contribution in [0, 0.1) is 0 Å². The molecule has 1 aromatic heterocycles. The van der Waals surface area contributed by atoms with E-state index in [1.165, 1.54) is 12.8 Å². The lowest BCUT2D eigenvalue weighted by molar-refractivity contribution is -0.140. The summed E-state index contributed by atoms with van der Waals surface area (Å²) in [6.45, 7) is 2.82. The lowest BCUT2D eigenvalue weighted by atomic mass is 10.1. The Morgan fingerprint density at radius 2 is 2.00 bits per heavy atom. The number of ether oxygens (including phenoxy) is 1. The zero-order valence-corrected chi connectivity index (χ0v) is 14.4. The SMILES string of the molecule is O=C([C@@H]1C[C@@H](F)CN1Cc1nc(C2CCCC2)no1)N1CCOCC1. The van der Waals surface area contributed by atoms with Gasteiger partial charge < -0.3 is 14.2 Å². The highest BCUT2D eigenvalue weighted by atomic mass is 19.1. The molecule has 3 aliphatic rings. The van der Waals surface area contributed by atoms with Crippen molar-refractivity contribution in [3.63, 3.8) is 0 Å². The minimum atomic E-state index is -0.993. The first kappa shape index (κ1) is 16.9. The van der Waals surface area contributed by atoms with Crippen LogP contribution in [-0.2, 0) is 16.1 Å². The summed E-state index contributed by atoms with van der Waals surface area (Å²) >= 11 is 0. The summed E-state index contributed by atoms with van der Waals surface area (Å²) in [7, 11) is 0. The van der Waals surface area contributed by atoms with E-state index in [4.69, 9.17) is 9.26 Å². The molecule has 1 aromatic rings. The predicted octanol–water partition coefficient (Wildman–Crippen LogP) is 1.50. The van der Waals surface area contributed by atoms with Crippen molar-refractivity contribution in [1.82, 2.24) is 19.9 Å². The van der Waals surface area contributed by atoms with Crippen molar-refractivity contribution < 1.29 is 18.4 Å². The van der Waals surface area contributed by atoms with E-state index in [0.29, 0.717) is 44.7 Å². The second-order valence-electron chi connectivity index (χ2n) is 7.24. The fourth-order valence-electron chi connectivity index (χ4n) is 4.13. The van der Waals surface area contributed by atoms with Crippen molar-refractivity contribution in [3.05, 3.63) is 11.7 Å². The van der Waals surface area contributed by atoms with Crippen LogP contribution < -0.4 is 0 Å². The first-order chi connectivity index (χ1) is 12.2. The Balaban J connectivity index is 1.42. The third-order valence-corrected chi connectivity index (χ3v) is 5.50. The normalized spacial score (nSPS) is 28.8. The van der Waals surface area contributed by atoms with Gasteiger partial charge in [0, 0.05) is 32.0 Å². The molecule has 0 aromatic carbocycles. The summed E-state index contributed by atoms with van der Waals surface area (Å²) in [6, 6.07) is -0.449. The second-order valence-corrected chi connectivity index (χ2v) is 7.24. The van der Waals surface area contributed by atoms with Crippen LogP contribution >= 0.6 is 0 Å². The Bertz CT molecular complexity index is 598. The van der Waals surface area contributed by atoms with Gasteiger partial charge in [-0.1, -0.05) is 18.0 Å². The molecule has 0 spiro atoms. The number of likely N-dealkylation sites (tertiary alicyclic amines) is 1. The molecule has 138 valence electrons. The molecular weight excluding hydrogens is 327 g/mol. The highest BCUT2D eigenvalue weighted by molar-refractivity contribution is 5.82. The number of amides is 1. The number of carbonyl (C=O) groups excluding carboxylic acids is 1. The molecule has 0 radical (unpaired) electrons. The molecule has 4 rings (SSSR count). The van der Waals surface area contributed by atoms with Crippen LogP contribution in [0.5, 0.6) is 0 Å². The van der Waals surface area contributed by atoms with Gasteiger partial charge >= 0.3 is 0 Å². The van der Waals surface area contributed by atoms with Gasteiger partial charge in [-0.15, -0.1) is 0 Å². The molecule has 1 amide bonds. The molecule has 0 unspecified atom stereocenters. The van der Waals surface area contributed by atoms with E-state index in [1.807, 2.05) is 4.90 Å². The lowest BCUT2D eigenvalue weighted by Crippen LogP contribution is -2.49. The van der Waals surface area contributed by atoms with Crippen LogP contribution in [0.15, 0.2) is 4.52 Å². The molecule has 0 bridgehead atoms. The molecular formula is C17H25FN4O3. The van der Waals surface area contributed by atoms with Crippen LogP contribution in [0.3, 0.4) is 0 Å². The Labute approximate surface area is 146 Å². The molecule has 2 aliphatic heterocycles. The number of aromatic nitrogens is 2. The molecule has 8 heteroatoms. The van der Waals surface area contributed by atoms with Crippen molar-refractivity contribution in [2.75, 3.05) is 32.8 Å². The number of halogens is 1. The monoisotopic (exact) mass is 352 g/mol. The third-order valence-electron chi connectivity index (χ3n) is 5.50. The van der Waals surface area contributed by atoms with Crippen molar-refractivity contribution in [2.24, 2.45) is 0 Å². The topological polar surface area (TPSA) is 71.7 Å². The molecule has 3 heterocycles. The zero-order valence-electron chi connectivity index (χ0n) is 14.4. The summed E-state index contributed by atoms with van der Waals surface area (Å²) in [5.74, 6) is 1.62. The quantitative estimate of drug-likeness (QED) is 0.818. The fraction of sp³-hybridized carbons (Fsp3) is 0.824. The molecule has 3 fully saturated rings. The minimum absolute atomic E-state index is 0.0148. The highest BCUT2D eigenvalue weighted by Gasteiger charge is 2.40. The minimum Gasteiger partial charge on any atom is -0.378 e. The van der Waals surface area contributed by atoms with Crippen LogP contribution in [0.1, 0.15) is 49.7 Å². The maximum atomic E-state index is 14.0. The number of rotatable bonds is 4. The van der Waals surface area contributed by atoms with Crippen LogP contribution in [0.4, 0.5) is 4.39 Å².